The van der Waals surface area contributed by atoms with Crippen molar-refractivity contribution in [3.63, 3.8) is 0 Å². The average Bonchev–Trinajstić information content (AvgIpc) is 3.27. The summed E-state index contributed by atoms with van der Waals surface area (Å²) < 4.78 is 18.9. The van der Waals surface area contributed by atoms with Gasteiger partial charge in [-0.15, -0.1) is 10.2 Å². The molecule has 0 saturated heterocycles. The number of fused-ring (bicyclic) bond motifs is 1. The van der Waals surface area contributed by atoms with Gasteiger partial charge < -0.3 is 19.5 Å². The van der Waals surface area contributed by atoms with Gasteiger partial charge in [0.25, 0.3) is 0 Å². The third kappa shape index (κ3) is 4.99. The molecule has 2 aromatic heterocycles. The Labute approximate surface area is 199 Å². The molecule has 1 amide bonds. The lowest BCUT2D eigenvalue weighted by Crippen LogP contribution is -2.20. The zero-order valence-corrected chi connectivity index (χ0v) is 19.7. The number of carbonyl (C=O) groups is 1. The van der Waals surface area contributed by atoms with Crippen LogP contribution in [0.4, 0.5) is 5.69 Å². The third-order valence-corrected chi connectivity index (χ3v) is 5.78. The van der Waals surface area contributed by atoms with Crippen molar-refractivity contribution in [3.05, 3.63) is 65.2 Å². The minimum atomic E-state index is -0.320. The fraction of sp³-hybridized carbons (Fsp3) is 0.217. The Morgan fingerprint density at radius 2 is 1.71 bits per heavy atom. The molecule has 34 heavy (non-hydrogen) atoms. The lowest BCUT2D eigenvalue weighted by Gasteiger charge is -2.10. The molecule has 0 atom stereocenters. The molecule has 1 N–H and O–H groups in total. The number of nitrogens with zero attached hydrogens (tertiary/aromatic N) is 4. The molecule has 4 rings (SSSR count). The van der Waals surface area contributed by atoms with Gasteiger partial charge in [0, 0.05) is 42.0 Å². The summed E-state index contributed by atoms with van der Waals surface area (Å²) in [5.74, 6) is 1.68. The molecular weight excluding hydrogens is 458 g/mol. The summed E-state index contributed by atoms with van der Waals surface area (Å²) in [4.78, 5) is 25.4. The summed E-state index contributed by atoms with van der Waals surface area (Å²) in [5, 5.41) is 11.4. The molecule has 0 bridgehead atoms. The van der Waals surface area contributed by atoms with Crippen molar-refractivity contribution in [3.8, 4) is 22.9 Å². The van der Waals surface area contributed by atoms with E-state index in [4.69, 9.17) is 14.2 Å². The van der Waals surface area contributed by atoms with E-state index >= 15 is 0 Å². The summed E-state index contributed by atoms with van der Waals surface area (Å²) in [6, 6.07) is 12.3. The fourth-order valence-electron chi connectivity index (χ4n) is 3.24. The molecule has 0 aliphatic rings. The summed E-state index contributed by atoms with van der Waals surface area (Å²) in [5.41, 5.74) is 1.07. The maximum atomic E-state index is 12.9. The van der Waals surface area contributed by atoms with Gasteiger partial charge in [-0.3, -0.25) is 18.6 Å². The van der Waals surface area contributed by atoms with E-state index in [0.29, 0.717) is 34.6 Å². The Morgan fingerprint density at radius 3 is 2.35 bits per heavy atom. The van der Waals surface area contributed by atoms with Gasteiger partial charge in [-0.25, -0.2) is 0 Å². The van der Waals surface area contributed by atoms with Crippen molar-refractivity contribution in [2.24, 2.45) is 0 Å². The van der Waals surface area contributed by atoms with E-state index in [2.05, 4.69) is 15.5 Å². The molecule has 10 nitrogen and oxygen atoms in total. The molecule has 11 heteroatoms. The number of amides is 1. The van der Waals surface area contributed by atoms with Crippen LogP contribution in [-0.2, 0) is 4.79 Å². The molecule has 0 aliphatic heterocycles. The van der Waals surface area contributed by atoms with Gasteiger partial charge in [0.15, 0.2) is 5.16 Å². The lowest BCUT2D eigenvalue weighted by atomic mass is 10.2. The highest BCUT2D eigenvalue weighted by Gasteiger charge is 2.14. The van der Waals surface area contributed by atoms with E-state index in [1.54, 1.807) is 59.3 Å². The van der Waals surface area contributed by atoms with Gasteiger partial charge >= 0.3 is 5.56 Å². The van der Waals surface area contributed by atoms with Crippen LogP contribution in [-0.4, -0.2) is 51.7 Å². The van der Waals surface area contributed by atoms with Crippen LogP contribution in [0.15, 0.2) is 64.8 Å². The van der Waals surface area contributed by atoms with E-state index < -0.39 is 0 Å². The van der Waals surface area contributed by atoms with E-state index in [1.807, 2.05) is 6.92 Å². The molecule has 0 fully saturated rings. The number of carbonyl (C=O) groups excluding carboxylic acids is 1. The Bertz CT molecular complexity index is 1340. The van der Waals surface area contributed by atoms with Crippen LogP contribution in [0.25, 0.3) is 11.3 Å². The van der Waals surface area contributed by atoms with Crippen LogP contribution in [0.1, 0.15) is 6.92 Å². The van der Waals surface area contributed by atoms with Gasteiger partial charge in [-0.1, -0.05) is 11.8 Å². The van der Waals surface area contributed by atoms with Crippen molar-refractivity contribution in [1.82, 2.24) is 19.2 Å². The Morgan fingerprint density at radius 1 is 1.00 bits per heavy atom. The smallest absolute Gasteiger partial charge is 0.300 e. The maximum Gasteiger partial charge on any atom is 0.300 e. The van der Waals surface area contributed by atoms with Crippen LogP contribution in [0.2, 0.25) is 0 Å². The first kappa shape index (κ1) is 23.2. The molecule has 2 aromatic carbocycles. The first-order valence-corrected chi connectivity index (χ1v) is 11.4. The van der Waals surface area contributed by atoms with Gasteiger partial charge in [0.1, 0.15) is 17.2 Å². The first-order valence-electron chi connectivity index (χ1n) is 10.4. The Balaban J connectivity index is 1.48. The van der Waals surface area contributed by atoms with E-state index in [0.717, 1.165) is 5.75 Å². The highest BCUT2D eigenvalue weighted by atomic mass is 32.2. The molecule has 4 aromatic rings. The van der Waals surface area contributed by atoms with Gasteiger partial charge in [0.2, 0.25) is 11.6 Å². The van der Waals surface area contributed by atoms with Crippen molar-refractivity contribution in [2.45, 2.75) is 12.1 Å². The van der Waals surface area contributed by atoms with Crippen molar-refractivity contribution in [2.75, 3.05) is 31.9 Å². The third-order valence-electron chi connectivity index (χ3n) is 4.83. The lowest BCUT2D eigenvalue weighted by molar-refractivity contribution is -0.113. The summed E-state index contributed by atoms with van der Waals surface area (Å²) in [7, 11) is 3.08. The number of hydrogen-bond acceptors (Lipinski definition) is 8. The van der Waals surface area contributed by atoms with Crippen LogP contribution >= 0.6 is 11.8 Å². The topological polar surface area (TPSA) is 109 Å². The normalized spacial score (nSPS) is 10.8. The number of anilines is 1. The molecule has 0 unspecified atom stereocenters. The number of nitrogens with one attached hydrogen (secondary N) is 1. The molecule has 2 heterocycles. The van der Waals surface area contributed by atoms with Crippen molar-refractivity contribution < 1.29 is 19.0 Å². The number of rotatable bonds is 9. The molecule has 0 saturated carbocycles. The molecule has 0 radical (unpaired) electrons. The molecular formula is C23H23N5O5S. The zero-order chi connectivity index (χ0) is 24.1. The standard InChI is InChI=1S/C23H23N5O5S/c1-4-33-17-7-5-16(6-8-17)27-9-10-28-21(22(27)30)25-26-23(28)34-14-20(29)24-15-11-18(31-2)13-19(12-15)32-3/h5-13H,4,14H2,1-3H3,(H,24,29). The van der Waals surface area contributed by atoms with Crippen LogP contribution < -0.4 is 25.1 Å². The summed E-state index contributed by atoms with van der Waals surface area (Å²) in [6.07, 6.45) is 3.33. The fourth-order valence-corrected chi connectivity index (χ4v) is 3.96. The number of thioether (sulfide) groups is 1. The Kier molecular flexibility index (Phi) is 7.02. The number of benzene rings is 2. The SMILES string of the molecule is CCOc1ccc(-n2ccn3c(SCC(=O)Nc4cc(OC)cc(OC)c4)nnc3c2=O)cc1. The summed E-state index contributed by atoms with van der Waals surface area (Å²) >= 11 is 1.17. The second-order valence-electron chi connectivity index (χ2n) is 7.01. The first-order chi connectivity index (χ1) is 16.5. The average molecular weight is 482 g/mol. The zero-order valence-electron chi connectivity index (χ0n) is 18.8. The maximum absolute atomic E-state index is 12.9. The largest absolute Gasteiger partial charge is 0.497 e. The number of ether oxygens (including phenoxy) is 3. The van der Waals surface area contributed by atoms with E-state index in [9.17, 15) is 9.59 Å². The molecule has 0 spiro atoms. The van der Waals surface area contributed by atoms with Crippen LogP contribution in [0.3, 0.4) is 0 Å². The highest BCUT2D eigenvalue weighted by molar-refractivity contribution is 7.99. The second kappa shape index (κ2) is 10.3. The van der Waals surface area contributed by atoms with E-state index in [1.165, 1.54) is 30.5 Å². The Hall–Kier alpha value is -3.99. The molecule has 176 valence electrons. The van der Waals surface area contributed by atoms with Gasteiger partial charge in [-0.05, 0) is 31.2 Å². The van der Waals surface area contributed by atoms with Gasteiger partial charge in [0.05, 0.1) is 26.6 Å². The summed E-state index contributed by atoms with van der Waals surface area (Å²) in [6.45, 7) is 2.48. The number of methoxy groups -OCH3 is 2. The number of hydrogen-bond donors (Lipinski definition) is 1. The minimum absolute atomic E-state index is 0.0717. The highest BCUT2D eigenvalue weighted by Crippen LogP contribution is 2.26. The van der Waals surface area contributed by atoms with Gasteiger partial charge in [-0.2, -0.15) is 0 Å². The second-order valence-corrected chi connectivity index (χ2v) is 7.96. The minimum Gasteiger partial charge on any atom is -0.497 e. The quantitative estimate of drug-likeness (QED) is 0.364. The number of aromatic nitrogens is 4. The van der Waals surface area contributed by atoms with Crippen LogP contribution in [0, 0.1) is 0 Å². The predicted molar refractivity (Wildman–Crippen MR) is 129 cm³/mol. The van der Waals surface area contributed by atoms with Crippen LogP contribution in [0.5, 0.6) is 17.2 Å². The predicted octanol–water partition coefficient (Wildman–Crippen LogP) is 3.03. The molecule has 0 aliphatic carbocycles. The van der Waals surface area contributed by atoms with Crippen molar-refractivity contribution >= 4 is 29.0 Å². The van der Waals surface area contributed by atoms with Crippen molar-refractivity contribution in [1.29, 1.82) is 0 Å². The van der Waals surface area contributed by atoms with E-state index in [-0.39, 0.29) is 22.9 Å². The monoisotopic (exact) mass is 481 g/mol.